The number of hydrogen-bond donors (Lipinski definition) is 0. The van der Waals surface area contributed by atoms with E-state index in [9.17, 15) is 0 Å². The molecule has 0 fully saturated rings. The summed E-state index contributed by atoms with van der Waals surface area (Å²) in [4.78, 5) is 0. The van der Waals surface area contributed by atoms with Crippen LogP contribution < -0.4 is 0 Å². The summed E-state index contributed by atoms with van der Waals surface area (Å²) in [5.74, 6) is 0. The largest absolute Gasteiger partial charge is 0.394 e. The van der Waals surface area contributed by atoms with E-state index >= 15 is 0 Å². The Bertz CT molecular complexity index is 267. The molecule has 0 rings (SSSR count). The zero-order valence-corrected chi connectivity index (χ0v) is 19.8. The second-order valence-electron chi connectivity index (χ2n) is 7.91. The fraction of sp³-hybridized carbons (Fsp3) is 1.00. The Hall–Kier alpha value is 0.137. The predicted octanol–water partition coefficient (Wildman–Crippen LogP) is 8.39. The molecular weight excluding hydrogens is 336 g/mol. The van der Waals surface area contributed by atoms with E-state index in [-0.39, 0.29) is 0 Å². The second kappa shape index (κ2) is 19.9. The van der Waals surface area contributed by atoms with Crippen LogP contribution in [-0.2, 0) is 8.85 Å². The van der Waals surface area contributed by atoms with E-state index in [0.717, 1.165) is 31.7 Å². The van der Waals surface area contributed by atoms with Crippen molar-refractivity contribution in [3.05, 3.63) is 0 Å². The van der Waals surface area contributed by atoms with Gasteiger partial charge in [-0.3, -0.25) is 0 Å². The molecule has 3 heteroatoms. The van der Waals surface area contributed by atoms with E-state index in [2.05, 4.69) is 27.7 Å². The first kappa shape index (κ1) is 26.1. The second-order valence-corrected chi connectivity index (χ2v) is 11.7. The molecule has 0 aromatic rings. The molecule has 0 radical (unpaired) electrons. The Morgan fingerprint density at radius 2 is 0.769 bits per heavy atom. The molecule has 0 unspecified atom stereocenters. The van der Waals surface area contributed by atoms with Crippen LogP contribution in [0.5, 0.6) is 0 Å². The maximum Gasteiger partial charge on any atom is 0.337 e. The van der Waals surface area contributed by atoms with Gasteiger partial charge in [0.25, 0.3) is 0 Å². The number of unbranched alkanes of at least 4 members (excludes halogenated alkanes) is 13. The molecule has 0 aliphatic rings. The lowest BCUT2D eigenvalue weighted by Crippen LogP contribution is -2.41. The third kappa shape index (κ3) is 15.2. The minimum absolute atomic E-state index is 0.892. The Kier molecular flexibility index (Phi) is 20.0. The summed E-state index contributed by atoms with van der Waals surface area (Å²) in [6.07, 6.45) is 20.6. The Labute approximate surface area is 167 Å². The van der Waals surface area contributed by atoms with Crippen LogP contribution in [0.4, 0.5) is 0 Å². The molecule has 0 atom stereocenters. The van der Waals surface area contributed by atoms with Crippen molar-refractivity contribution in [3.8, 4) is 0 Å². The molecule has 158 valence electrons. The summed E-state index contributed by atoms with van der Waals surface area (Å²) >= 11 is 0. The van der Waals surface area contributed by atoms with E-state index < -0.39 is 8.56 Å². The summed E-state index contributed by atoms with van der Waals surface area (Å²) in [6, 6.07) is 2.18. The average Bonchev–Trinajstić information content (AvgIpc) is 2.67. The van der Waals surface area contributed by atoms with E-state index in [1.165, 1.54) is 89.9 Å². The number of hydrogen-bond acceptors (Lipinski definition) is 2. The first-order chi connectivity index (χ1) is 12.7. The number of rotatable bonds is 21. The van der Waals surface area contributed by atoms with E-state index in [0.29, 0.717) is 0 Å². The SMILES string of the molecule is CCCCCCCCCCCCCCCO[Si](CC)(CC)OCCCC. The van der Waals surface area contributed by atoms with Gasteiger partial charge < -0.3 is 8.85 Å². The smallest absolute Gasteiger partial charge is 0.337 e. The van der Waals surface area contributed by atoms with Crippen molar-refractivity contribution in [2.75, 3.05) is 13.2 Å². The van der Waals surface area contributed by atoms with Gasteiger partial charge in [-0.2, -0.15) is 0 Å². The lowest BCUT2D eigenvalue weighted by atomic mass is 10.0. The normalized spacial score (nSPS) is 12.0. The molecule has 26 heavy (non-hydrogen) atoms. The highest BCUT2D eigenvalue weighted by Crippen LogP contribution is 2.20. The Morgan fingerprint density at radius 1 is 0.423 bits per heavy atom. The van der Waals surface area contributed by atoms with Crippen LogP contribution in [0.1, 0.15) is 124 Å². The minimum Gasteiger partial charge on any atom is -0.394 e. The first-order valence-corrected chi connectivity index (χ1v) is 14.3. The van der Waals surface area contributed by atoms with Crippen molar-refractivity contribution in [1.82, 2.24) is 0 Å². The molecule has 0 N–H and O–H groups in total. The zero-order chi connectivity index (χ0) is 19.3. The summed E-state index contributed by atoms with van der Waals surface area (Å²) < 4.78 is 12.5. The highest BCUT2D eigenvalue weighted by Gasteiger charge is 2.33. The molecule has 0 saturated carbocycles. The van der Waals surface area contributed by atoms with E-state index in [1.54, 1.807) is 0 Å². The third-order valence-electron chi connectivity index (χ3n) is 5.55. The maximum atomic E-state index is 6.29. The third-order valence-corrected chi connectivity index (χ3v) is 9.17. The molecule has 0 aromatic carbocycles. The van der Waals surface area contributed by atoms with Crippen molar-refractivity contribution >= 4 is 8.56 Å². The van der Waals surface area contributed by atoms with E-state index in [4.69, 9.17) is 8.85 Å². The molecule has 2 nitrogen and oxygen atoms in total. The van der Waals surface area contributed by atoms with E-state index in [1.807, 2.05) is 0 Å². The van der Waals surface area contributed by atoms with Gasteiger partial charge in [0, 0.05) is 13.2 Å². The first-order valence-electron chi connectivity index (χ1n) is 12.0. The monoisotopic (exact) mass is 386 g/mol. The van der Waals surface area contributed by atoms with Gasteiger partial charge in [-0.1, -0.05) is 111 Å². The minimum atomic E-state index is -1.88. The summed E-state index contributed by atoms with van der Waals surface area (Å²) in [6.45, 7) is 10.8. The van der Waals surface area contributed by atoms with Crippen molar-refractivity contribution in [2.24, 2.45) is 0 Å². The van der Waals surface area contributed by atoms with Crippen LogP contribution in [0.2, 0.25) is 12.1 Å². The molecule has 0 amide bonds. The lowest BCUT2D eigenvalue weighted by molar-refractivity contribution is 0.164. The van der Waals surface area contributed by atoms with Crippen LogP contribution >= 0.6 is 0 Å². The Morgan fingerprint density at radius 3 is 1.15 bits per heavy atom. The average molecular weight is 387 g/mol. The van der Waals surface area contributed by atoms with Crippen molar-refractivity contribution in [2.45, 2.75) is 136 Å². The van der Waals surface area contributed by atoms with Gasteiger partial charge in [-0.15, -0.1) is 0 Å². The molecule has 0 spiro atoms. The van der Waals surface area contributed by atoms with Gasteiger partial charge in [-0.25, -0.2) is 0 Å². The van der Waals surface area contributed by atoms with Crippen LogP contribution in [0, 0.1) is 0 Å². The molecule has 0 saturated heterocycles. The topological polar surface area (TPSA) is 18.5 Å². The quantitative estimate of drug-likeness (QED) is 0.146. The molecule has 0 bridgehead atoms. The van der Waals surface area contributed by atoms with Gasteiger partial charge in [0.2, 0.25) is 0 Å². The lowest BCUT2D eigenvalue weighted by Gasteiger charge is -2.28. The van der Waals surface area contributed by atoms with Crippen LogP contribution in [0.25, 0.3) is 0 Å². The molecule has 0 heterocycles. The van der Waals surface area contributed by atoms with Gasteiger partial charge in [0.05, 0.1) is 0 Å². The predicted molar refractivity (Wildman–Crippen MR) is 119 cm³/mol. The zero-order valence-electron chi connectivity index (χ0n) is 18.8. The highest BCUT2D eigenvalue weighted by molar-refractivity contribution is 6.67. The van der Waals surface area contributed by atoms with Gasteiger partial charge in [0.1, 0.15) is 0 Å². The van der Waals surface area contributed by atoms with Crippen LogP contribution in [-0.4, -0.2) is 21.8 Å². The molecule has 0 aliphatic heterocycles. The fourth-order valence-corrected chi connectivity index (χ4v) is 5.91. The highest BCUT2D eigenvalue weighted by atomic mass is 28.4. The van der Waals surface area contributed by atoms with Gasteiger partial charge in [-0.05, 0) is 24.9 Å². The van der Waals surface area contributed by atoms with Gasteiger partial charge in [0.15, 0.2) is 0 Å². The Balaban J connectivity index is 3.45. The molecular formula is C23H50O2Si. The summed E-state index contributed by atoms with van der Waals surface area (Å²) in [5.41, 5.74) is 0. The summed E-state index contributed by atoms with van der Waals surface area (Å²) in [5, 5.41) is 0. The van der Waals surface area contributed by atoms with Crippen molar-refractivity contribution in [3.63, 3.8) is 0 Å². The standard InChI is InChI=1S/C23H50O2Si/c1-5-9-11-12-13-14-15-16-17-18-19-20-21-23-25-26(7-3,8-4)24-22-10-6-2/h5-23H2,1-4H3. The van der Waals surface area contributed by atoms with Crippen molar-refractivity contribution < 1.29 is 8.85 Å². The van der Waals surface area contributed by atoms with Crippen molar-refractivity contribution in [1.29, 1.82) is 0 Å². The van der Waals surface area contributed by atoms with Crippen LogP contribution in [0.15, 0.2) is 0 Å². The van der Waals surface area contributed by atoms with Gasteiger partial charge >= 0.3 is 8.56 Å². The fourth-order valence-electron chi connectivity index (χ4n) is 3.48. The molecule has 0 aromatic heterocycles. The molecule has 0 aliphatic carbocycles. The van der Waals surface area contributed by atoms with Crippen LogP contribution in [0.3, 0.4) is 0 Å². The maximum absolute atomic E-state index is 6.29. The summed E-state index contributed by atoms with van der Waals surface area (Å²) in [7, 11) is -1.88.